The molecule has 1 heterocycles. The highest BCUT2D eigenvalue weighted by atomic mass is 16.3. The van der Waals surface area contributed by atoms with Crippen LogP contribution in [0.2, 0.25) is 0 Å². The van der Waals surface area contributed by atoms with Crippen LogP contribution in [0.4, 0.5) is 0 Å². The highest BCUT2D eigenvalue weighted by molar-refractivity contribution is 5.91. The first-order chi connectivity index (χ1) is 13.2. The summed E-state index contributed by atoms with van der Waals surface area (Å²) < 4.78 is 5.03. The number of benzene rings is 1. The largest absolute Gasteiger partial charge is 0.459 e. The van der Waals surface area contributed by atoms with E-state index in [-0.39, 0.29) is 23.6 Å². The number of amides is 2. The zero-order chi connectivity index (χ0) is 19.5. The molecule has 6 nitrogen and oxygen atoms in total. The van der Waals surface area contributed by atoms with Gasteiger partial charge >= 0.3 is 0 Å². The number of carbonyl (C=O) groups excluding carboxylic acids is 2. The SMILES string of the molecule is CCN(CC)C(CNC(=O)CCCNC(=O)c1ccco1)c1ccccc1. The Balaban J connectivity index is 1.75. The van der Waals surface area contributed by atoms with Crippen LogP contribution in [0.3, 0.4) is 0 Å². The summed E-state index contributed by atoms with van der Waals surface area (Å²) in [6.07, 6.45) is 2.42. The van der Waals surface area contributed by atoms with E-state index in [1.807, 2.05) is 18.2 Å². The molecule has 2 rings (SSSR count). The van der Waals surface area contributed by atoms with E-state index in [4.69, 9.17) is 4.42 Å². The maximum absolute atomic E-state index is 12.2. The lowest BCUT2D eigenvalue weighted by Crippen LogP contribution is -2.38. The van der Waals surface area contributed by atoms with Crippen molar-refractivity contribution < 1.29 is 14.0 Å². The highest BCUT2D eigenvalue weighted by Gasteiger charge is 2.18. The van der Waals surface area contributed by atoms with Crippen LogP contribution in [0.5, 0.6) is 0 Å². The van der Waals surface area contributed by atoms with E-state index in [1.165, 1.54) is 11.8 Å². The van der Waals surface area contributed by atoms with Gasteiger partial charge in [0.2, 0.25) is 5.91 Å². The Morgan fingerprint density at radius 2 is 1.78 bits per heavy atom. The predicted octanol–water partition coefficient (Wildman–Crippen LogP) is 2.99. The Hall–Kier alpha value is -2.60. The number of hydrogen-bond acceptors (Lipinski definition) is 4. The minimum atomic E-state index is -0.258. The molecule has 0 aliphatic carbocycles. The van der Waals surface area contributed by atoms with Gasteiger partial charge in [0, 0.05) is 19.5 Å². The molecule has 0 aliphatic rings. The van der Waals surface area contributed by atoms with Gasteiger partial charge in [0.25, 0.3) is 5.91 Å². The predicted molar refractivity (Wildman–Crippen MR) is 105 cm³/mol. The van der Waals surface area contributed by atoms with Gasteiger partial charge < -0.3 is 15.1 Å². The minimum absolute atomic E-state index is 0.00432. The topological polar surface area (TPSA) is 74.6 Å². The molecule has 0 fully saturated rings. The number of furan rings is 1. The van der Waals surface area contributed by atoms with Gasteiger partial charge in [-0.25, -0.2) is 0 Å². The quantitative estimate of drug-likeness (QED) is 0.596. The lowest BCUT2D eigenvalue weighted by Gasteiger charge is -2.30. The second kappa shape index (κ2) is 11.2. The first-order valence-electron chi connectivity index (χ1n) is 9.53. The zero-order valence-electron chi connectivity index (χ0n) is 16.1. The first-order valence-corrected chi connectivity index (χ1v) is 9.53. The summed E-state index contributed by atoms with van der Waals surface area (Å²) in [5, 5.41) is 5.78. The lowest BCUT2D eigenvalue weighted by atomic mass is 10.0. The van der Waals surface area contributed by atoms with Crippen LogP contribution < -0.4 is 10.6 Å². The molecule has 2 aromatic rings. The van der Waals surface area contributed by atoms with Crippen LogP contribution in [0.25, 0.3) is 0 Å². The normalized spacial score (nSPS) is 12.0. The summed E-state index contributed by atoms with van der Waals surface area (Å²) in [5.41, 5.74) is 1.20. The average molecular weight is 371 g/mol. The highest BCUT2D eigenvalue weighted by Crippen LogP contribution is 2.19. The standard InChI is InChI=1S/C21H29N3O3/c1-3-24(4-2)18(17-10-6-5-7-11-17)16-23-20(25)13-8-14-22-21(26)19-12-9-15-27-19/h5-7,9-12,15,18H,3-4,8,13-14,16H2,1-2H3,(H,22,26)(H,23,25). The maximum Gasteiger partial charge on any atom is 0.286 e. The van der Waals surface area contributed by atoms with Gasteiger partial charge in [0.1, 0.15) is 0 Å². The van der Waals surface area contributed by atoms with Gasteiger partial charge in [-0.1, -0.05) is 44.2 Å². The van der Waals surface area contributed by atoms with Gasteiger partial charge in [-0.05, 0) is 37.2 Å². The number of nitrogens with zero attached hydrogens (tertiary/aromatic N) is 1. The third-order valence-corrected chi connectivity index (χ3v) is 4.54. The van der Waals surface area contributed by atoms with Crippen molar-refractivity contribution in [1.82, 2.24) is 15.5 Å². The monoisotopic (exact) mass is 371 g/mol. The molecule has 1 atom stereocenters. The van der Waals surface area contributed by atoms with Crippen LogP contribution in [-0.2, 0) is 4.79 Å². The summed E-state index contributed by atoms with van der Waals surface area (Å²) in [4.78, 5) is 26.3. The summed E-state index contributed by atoms with van der Waals surface area (Å²) in [7, 11) is 0. The van der Waals surface area contributed by atoms with Crippen molar-refractivity contribution in [3.8, 4) is 0 Å². The fourth-order valence-corrected chi connectivity index (χ4v) is 3.04. The zero-order valence-corrected chi connectivity index (χ0v) is 16.1. The molecule has 27 heavy (non-hydrogen) atoms. The molecule has 0 bridgehead atoms. The van der Waals surface area contributed by atoms with E-state index in [0.717, 1.165) is 13.1 Å². The van der Waals surface area contributed by atoms with E-state index in [0.29, 0.717) is 25.9 Å². The molecule has 0 spiro atoms. The number of likely N-dealkylation sites (N-methyl/N-ethyl adjacent to an activating group) is 1. The Bertz CT molecular complexity index is 682. The summed E-state index contributed by atoms with van der Waals surface area (Å²) in [6.45, 7) is 7.11. The van der Waals surface area contributed by atoms with E-state index in [1.54, 1.807) is 12.1 Å². The van der Waals surface area contributed by atoms with Gasteiger partial charge in [0.05, 0.1) is 12.3 Å². The Labute approximate surface area is 160 Å². The molecule has 0 radical (unpaired) electrons. The molecule has 2 N–H and O–H groups in total. The Morgan fingerprint density at radius 3 is 2.41 bits per heavy atom. The third-order valence-electron chi connectivity index (χ3n) is 4.54. The molecule has 0 saturated carbocycles. The molecule has 6 heteroatoms. The first kappa shape index (κ1) is 20.7. The van der Waals surface area contributed by atoms with Gasteiger partial charge in [-0.15, -0.1) is 0 Å². The van der Waals surface area contributed by atoms with Crippen molar-refractivity contribution in [3.05, 3.63) is 60.1 Å². The number of carbonyl (C=O) groups is 2. The maximum atomic E-state index is 12.2. The second-order valence-electron chi connectivity index (χ2n) is 6.29. The molecule has 0 saturated heterocycles. The summed E-state index contributed by atoms with van der Waals surface area (Å²) >= 11 is 0. The van der Waals surface area contributed by atoms with Crippen LogP contribution in [0.1, 0.15) is 48.8 Å². The van der Waals surface area contributed by atoms with Crippen molar-refractivity contribution in [2.45, 2.75) is 32.7 Å². The van der Waals surface area contributed by atoms with E-state index in [2.05, 4.69) is 41.5 Å². The van der Waals surface area contributed by atoms with Crippen LogP contribution >= 0.6 is 0 Å². The number of rotatable bonds is 11. The minimum Gasteiger partial charge on any atom is -0.459 e. The smallest absolute Gasteiger partial charge is 0.286 e. The fourth-order valence-electron chi connectivity index (χ4n) is 3.04. The molecular weight excluding hydrogens is 342 g/mol. The van der Waals surface area contributed by atoms with Crippen molar-refractivity contribution in [2.24, 2.45) is 0 Å². The summed E-state index contributed by atoms with van der Waals surface area (Å²) in [5.74, 6) is 0.0193. The van der Waals surface area contributed by atoms with Crippen molar-refractivity contribution in [1.29, 1.82) is 0 Å². The van der Waals surface area contributed by atoms with Crippen LogP contribution in [-0.4, -0.2) is 42.9 Å². The van der Waals surface area contributed by atoms with E-state index < -0.39 is 0 Å². The van der Waals surface area contributed by atoms with Crippen molar-refractivity contribution >= 4 is 11.8 Å². The molecule has 1 aromatic heterocycles. The van der Waals surface area contributed by atoms with E-state index >= 15 is 0 Å². The van der Waals surface area contributed by atoms with E-state index in [9.17, 15) is 9.59 Å². The van der Waals surface area contributed by atoms with Crippen LogP contribution in [0.15, 0.2) is 53.1 Å². The summed E-state index contributed by atoms with van der Waals surface area (Å²) in [6, 6.07) is 13.7. The fraction of sp³-hybridized carbons (Fsp3) is 0.429. The Morgan fingerprint density at radius 1 is 1.04 bits per heavy atom. The number of hydrogen-bond donors (Lipinski definition) is 2. The van der Waals surface area contributed by atoms with Gasteiger partial charge in [0.15, 0.2) is 5.76 Å². The Kier molecular flexibility index (Phi) is 8.58. The average Bonchev–Trinajstić information content (AvgIpc) is 3.24. The second-order valence-corrected chi connectivity index (χ2v) is 6.29. The van der Waals surface area contributed by atoms with Gasteiger partial charge in [-0.2, -0.15) is 0 Å². The lowest BCUT2D eigenvalue weighted by molar-refractivity contribution is -0.121. The molecule has 146 valence electrons. The van der Waals surface area contributed by atoms with Crippen molar-refractivity contribution in [3.63, 3.8) is 0 Å². The van der Waals surface area contributed by atoms with Crippen molar-refractivity contribution in [2.75, 3.05) is 26.2 Å². The molecule has 1 aromatic carbocycles. The third kappa shape index (κ3) is 6.57. The molecule has 1 unspecified atom stereocenters. The van der Waals surface area contributed by atoms with Crippen LogP contribution in [0, 0.1) is 0 Å². The van der Waals surface area contributed by atoms with Gasteiger partial charge in [-0.3, -0.25) is 14.5 Å². The molecular formula is C21H29N3O3. The molecule has 2 amide bonds. The number of nitrogens with one attached hydrogen (secondary N) is 2. The molecule has 0 aliphatic heterocycles.